The fourth-order valence-electron chi connectivity index (χ4n) is 3.65. The summed E-state index contributed by atoms with van der Waals surface area (Å²) in [5.41, 5.74) is 7.85. The first-order valence-electron chi connectivity index (χ1n) is 9.93. The second-order valence-corrected chi connectivity index (χ2v) is 8.24. The predicted octanol–water partition coefficient (Wildman–Crippen LogP) is 5.58. The van der Waals surface area contributed by atoms with Crippen LogP contribution < -0.4 is 5.43 Å². The number of halogens is 2. The number of aromatic nitrogens is 3. The Bertz CT molecular complexity index is 1520. The molecule has 0 aliphatic rings. The van der Waals surface area contributed by atoms with E-state index in [2.05, 4.69) is 10.5 Å². The summed E-state index contributed by atoms with van der Waals surface area (Å²) in [6.45, 7) is 1.88. The van der Waals surface area contributed by atoms with Crippen LogP contribution in [-0.2, 0) is 11.3 Å². The molecule has 5 aromatic rings. The lowest BCUT2D eigenvalue weighted by Gasteiger charge is -2.07. The zero-order valence-electron chi connectivity index (χ0n) is 17.0. The number of hydrazone groups is 1. The van der Waals surface area contributed by atoms with Crippen molar-refractivity contribution in [3.63, 3.8) is 0 Å². The number of benzene rings is 3. The van der Waals surface area contributed by atoms with Gasteiger partial charge in [0.05, 0.1) is 22.3 Å². The monoisotopic (exact) mass is 461 g/mol. The van der Waals surface area contributed by atoms with Gasteiger partial charge in [-0.25, -0.2) is 15.4 Å². The molecule has 0 radical (unpaired) electrons. The molecular formula is C24H17Cl2N5O. The molecule has 32 heavy (non-hydrogen) atoms. The van der Waals surface area contributed by atoms with Crippen LogP contribution >= 0.6 is 23.2 Å². The molecule has 3 aromatic carbocycles. The molecule has 6 nitrogen and oxygen atoms in total. The van der Waals surface area contributed by atoms with E-state index in [0.29, 0.717) is 32.4 Å². The molecule has 8 heteroatoms. The number of nitrogens with one attached hydrogen (secondary N) is 1. The van der Waals surface area contributed by atoms with Crippen molar-refractivity contribution in [1.29, 1.82) is 0 Å². The number of hydrogen-bond acceptors (Lipinski definition) is 4. The highest BCUT2D eigenvalue weighted by molar-refractivity contribution is 6.31. The van der Waals surface area contributed by atoms with E-state index < -0.39 is 0 Å². The van der Waals surface area contributed by atoms with Crippen LogP contribution in [0.1, 0.15) is 12.5 Å². The van der Waals surface area contributed by atoms with Gasteiger partial charge in [0.2, 0.25) is 0 Å². The van der Waals surface area contributed by atoms with Gasteiger partial charge in [-0.05, 0) is 48.9 Å². The fraction of sp³-hybridized carbons (Fsp3) is 0.0833. The Morgan fingerprint density at radius 1 is 0.969 bits per heavy atom. The van der Waals surface area contributed by atoms with Gasteiger partial charge in [0.15, 0.2) is 5.65 Å². The highest BCUT2D eigenvalue weighted by Gasteiger charge is 2.16. The van der Waals surface area contributed by atoms with Crippen LogP contribution in [0.3, 0.4) is 0 Å². The lowest BCUT2D eigenvalue weighted by molar-refractivity contribution is -0.121. The predicted molar refractivity (Wildman–Crippen MR) is 129 cm³/mol. The van der Waals surface area contributed by atoms with Crippen molar-refractivity contribution in [3.05, 3.63) is 82.3 Å². The van der Waals surface area contributed by atoms with E-state index >= 15 is 0 Å². The molecule has 1 amide bonds. The van der Waals surface area contributed by atoms with Gasteiger partial charge in [0.1, 0.15) is 12.1 Å². The second kappa shape index (κ2) is 8.22. The maximum absolute atomic E-state index is 12.8. The Kier molecular flexibility index (Phi) is 5.25. The van der Waals surface area contributed by atoms with E-state index in [9.17, 15) is 4.79 Å². The minimum absolute atomic E-state index is 0.0508. The third kappa shape index (κ3) is 3.79. The number of rotatable bonds is 4. The number of fused-ring (bicyclic) bond motifs is 4. The molecule has 0 saturated carbocycles. The molecule has 2 aromatic heterocycles. The molecule has 0 spiro atoms. The van der Waals surface area contributed by atoms with Crippen LogP contribution in [0.15, 0.2) is 71.8 Å². The molecule has 0 bridgehead atoms. The maximum Gasteiger partial charge on any atom is 0.260 e. The molecule has 2 heterocycles. The standard InChI is InChI=1S/C24H17Cl2N5O/c1-14(15-6-8-16(25)9-7-15)29-30-22(32)13-31-21-5-3-2-4-18(21)23-24(31)28-19-11-10-17(26)12-20(19)27-23/h2-12H,13H2,1H3,(H,30,32)/b29-14+. The minimum Gasteiger partial charge on any atom is -0.314 e. The topological polar surface area (TPSA) is 72.2 Å². The lowest BCUT2D eigenvalue weighted by Crippen LogP contribution is -2.24. The van der Waals surface area contributed by atoms with E-state index in [1.165, 1.54) is 0 Å². The van der Waals surface area contributed by atoms with Crippen molar-refractivity contribution in [2.45, 2.75) is 13.5 Å². The van der Waals surface area contributed by atoms with Crippen molar-refractivity contribution < 1.29 is 4.79 Å². The van der Waals surface area contributed by atoms with Crippen LogP contribution in [0, 0.1) is 0 Å². The Morgan fingerprint density at radius 2 is 1.72 bits per heavy atom. The normalized spacial score (nSPS) is 12.0. The van der Waals surface area contributed by atoms with Crippen molar-refractivity contribution >= 4 is 67.9 Å². The van der Waals surface area contributed by atoms with Crippen LogP contribution in [0.5, 0.6) is 0 Å². The first-order chi connectivity index (χ1) is 15.5. The van der Waals surface area contributed by atoms with Crippen LogP contribution in [0.2, 0.25) is 10.0 Å². The van der Waals surface area contributed by atoms with Crippen LogP contribution in [0.4, 0.5) is 0 Å². The number of carbonyl (C=O) groups is 1. The summed E-state index contributed by atoms with van der Waals surface area (Å²) in [5.74, 6) is -0.265. The van der Waals surface area contributed by atoms with E-state index in [0.717, 1.165) is 22.0 Å². The summed E-state index contributed by atoms with van der Waals surface area (Å²) in [5, 5.41) is 6.40. The maximum atomic E-state index is 12.8. The average Bonchev–Trinajstić information content (AvgIpc) is 3.09. The van der Waals surface area contributed by atoms with Gasteiger partial charge in [-0.15, -0.1) is 0 Å². The largest absolute Gasteiger partial charge is 0.314 e. The van der Waals surface area contributed by atoms with Crippen molar-refractivity contribution in [2.75, 3.05) is 0 Å². The molecular weight excluding hydrogens is 445 g/mol. The van der Waals surface area contributed by atoms with E-state index in [1.807, 2.05) is 54.0 Å². The number of carbonyl (C=O) groups excluding carboxylic acids is 1. The third-order valence-corrected chi connectivity index (χ3v) is 5.71. The number of nitrogens with zero attached hydrogens (tertiary/aromatic N) is 4. The van der Waals surface area contributed by atoms with Crippen molar-refractivity contribution in [2.24, 2.45) is 5.10 Å². The van der Waals surface area contributed by atoms with Gasteiger partial charge in [0, 0.05) is 15.4 Å². The quantitative estimate of drug-likeness (QED) is 0.280. The van der Waals surface area contributed by atoms with Crippen molar-refractivity contribution in [3.8, 4) is 0 Å². The summed E-state index contributed by atoms with van der Waals surface area (Å²) in [6, 6.07) is 20.5. The molecule has 0 unspecified atom stereocenters. The molecule has 1 N–H and O–H groups in total. The molecule has 0 fully saturated rings. The first-order valence-corrected chi connectivity index (χ1v) is 10.7. The summed E-state index contributed by atoms with van der Waals surface area (Å²) in [4.78, 5) is 22.3. The minimum atomic E-state index is -0.265. The van der Waals surface area contributed by atoms with Gasteiger partial charge in [-0.2, -0.15) is 5.10 Å². The number of para-hydroxylation sites is 1. The Labute approximate surface area is 193 Å². The average molecular weight is 462 g/mol. The van der Waals surface area contributed by atoms with Crippen LogP contribution in [-0.4, -0.2) is 26.2 Å². The van der Waals surface area contributed by atoms with Gasteiger partial charge in [0.25, 0.3) is 5.91 Å². The molecule has 0 atom stereocenters. The fourth-order valence-corrected chi connectivity index (χ4v) is 3.94. The number of amides is 1. The molecule has 0 aliphatic carbocycles. The first kappa shape index (κ1) is 20.4. The van der Waals surface area contributed by atoms with Crippen molar-refractivity contribution in [1.82, 2.24) is 20.0 Å². The zero-order valence-corrected chi connectivity index (χ0v) is 18.5. The van der Waals surface area contributed by atoms with Gasteiger partial charge < -0.3 is 4.57 Å². The number of hydrogen-bond donors (Lipinski definition) is 1. The summed E-state index contributed by atoms with van der Waals surface area (Å²) in [6.07, 6.45) is 0. The highest BCUT2D eigenvalue weighted by atomic mass is 35.5. The SMILES string of the molecule is C/C(=N\NC(=O)Cn1c2ccccc2c2nc3cc(Cl)ccc3nc21)c1ccc(Cl)cc1. The van der Waals surface area contributed by atoms with Gasteiger partial charge in [-0.3, -0.25) is 4.79 Å². The summed E-state index contributed by atoms with van der Waals surface area (Å²) < 4.78 is 1.86. The zero-order chi connectivity index (χ0) is 22.2. The Balaban J connectivity index is 1.51. The van der Waals surface area contributed by atoms with E-state index in [-0.39, 0.29) is 12.5 Å². The van der Waals surface area contributed by atoms with Gasteiger partial charge >= 0.3 is 0 Å². The van der Waals surface area contributed by atoms with E-state index in [4.69, 9.17) is 33.2 Å². The van der Waals surface area contributed by atoms with E-state index in [1.54, 1.807) is 24.3 Å². The second-order valence-electron chi connectivity index (χ2n) is 7.37. The smallest absolute Gasteiger partial charge is 0.260 e. The Morgan fingerprint density at radius 3 is 2.53 bits per heavy atom. The Hall–Kier alpha value is -3.48. The summed E-state index contributed by atoms with van der Waals surface area (Å²) >= 11 is 12.1. The van der Waals surface area contributed by atoms with Gasteiger partial charge in [-0.1, -0.05) is 53.5 Å². The summed E-state index contributed by atoms with van der Waals surface area (Å²) in [7, 11) is 0. The molecule has 0 saturated heterocycles. The van der Waals surface area contributed by atoms with Crippen LogP contribution in [0.25, 0.3) is 33.1 Å². The molecule has 0 aliphatic heterocycles. The third-order valence-electron chi connectivity index (χ3n) is 5.23. The molecule has 5 rings (SSSR count). The highest BCUT2D eigenvalue weighted by Crippen LogP contribution is 2.28. The lowest BCUT2D eigenvalue weighted by atomic mass is 10.1. The molecule has 158 valence electrons.